The Balaban J connectivity index is 0.000000249. The van der Waals surface area contributed by atoms with E-state index >= 15 is 0 Å². The van der Waals surface area contributed by atoms with Gasteiger partial charge in [-0.05, 0) is 31.2 Å². The fraction of sp³-hybridized carbons (Fsp3) is 0.211. The first-order valence-corrected chi connectivity index (χ1v) is 7.69. The number of nitrogens with zero attached hydrogens (tertiary/aromatic N) is 3. The van der Waals surface area contributed by atoms with E-state index in [0.29, 0.717) is 5.75 Å². The molecule has 0 bridgehead atoms. The molecule has 0 aliphatic carbocycles. The Morgan fingerprint density at radius 1 is 0.917 bits per heavy atom. The van der Waals surface area contributed by atoms with Crippen LogP contribution in [0.1, 0.15) is 5.69 Å². The van der Waals surface area contributed by atoms with Crippen LogP contribution in [0.5, 0.6) is 5.75 Å². The van der Waals surface area contributed by atoms with Crippen LogP contribution in [0.2, 0.25) is 0 Å². The summed E-state index contributed by atoms with van der Waals surface area (Å²) in [6.07, 6.45) is 0. The molecule has 1 N–H and O–H groups in total. The van der Waals surface area contributed by atoms with Crippen LogP contribution < -0.4 is 10.5 Å². The third-order valence-corrected chi connectivity index (χ3v) is 3.73. The van der Waals surface area contributed by atoms with Gasteiger partial charge in [0.2, 0.25) is 0 Å². The van der Waals surface area contributed by atoms with Crippen molar-refractivity contribution >= 4 is 5.69 Å². The van der Waals surface area contributed by atoms with Gasteiger partial charge in [-0.15, -0.1) is 0 Å². The van der Waals surface area contributed by atoms with Gasteiger partial charge in [0.15, 0.2) is 0 Å². The highest BCUT2D eigenvalue weighted by Crippen LogP contribution is 2.15. The number of hydrogen-bond donors (Lipinski definition) is 1. The third-order valence-electron chi connectivity index (χ3n) is 3.73. The summed E-state index contributed by atoms with van der Waals surface area (Å²) in [5.74, 6) is 0.322. The first kappa shape index (κ1) is 17.4. The Morgan fingerprint density at radius 3 is 1.79 bits per heavy atom. The number of aromatic hydroxyl groups is 1. The molecule has 1 aromatic heterocycles. The van der Waals surface area contributed by atoms with Crippen LogP contribution in [0.4, 0.5) is 5.69 Å². The molecule has 0 radical (unpaired) electrons. The summed E-state index contributed by atoms with van der Waals surface area (Å²) in [5.41, 5.74) is 2.60. The zero-order chi connectivity index (χ0) is 17.7. The fourth-order valence-electron chi connectivity index (χ4n) is 2.50. The molecule has 0 amide bonds. The van der Waals surface area contributed by atoms with Crippen molar-refractivity contribution in [1.82, 2.24) is 9.36 Å². The number of phenolic OH excluding ortho intramolecular Hbond substituents is 1. The van der Waals surface area contributed by atoms with Gasteiger partial charge in [0, 0.05) is 21.1 Å². The maximum atomic E-state index is 12.4. The smallest absolute Gasteiger partial charge is 0.295 e. The van der Waals surface area contributed by atoms with E-state index in [4.69, 9.17) is 5.11 Å². The summed E-state index contributed by atoms with van der Waals surface area (Å²) in [4.78, 5) is 14.2. The van der Waals surface area contributed by atoms with Gasteiger partial charge in [0.1, 0.15) is 11.4 Å². The van der Waals surface area contributed by atoms with Crippen molar-refractivity contribution in [1.29, 1.82) is 0 Å². The van der Waals surface area contributed by atoms with E-state index in [9.17, 15) is 4.79 Å². The summed E-state index contributed by atoms with van der Waals surface area (Å²) in [7, 11) is 5.68. The summed E-state index contributed by atoms with van der Waals surface area (Å²) in [6, 6.07) is 18.4. The van der Waals surface area contributed by atoms with Gasteiger partial charge in [0.25, 0.3) is 5.56 Å². The first-order valence-electron chi connectivity index (χ1n) is 7.69. The lowest BCUT2D eigenvalue weighted by Gasteiger charge is -2.09. The molecule has 0 saturated carbocycles. The molecule has 0 unspecified atom stereocenters. The van der Waals surface area contributed by atoms with E-state index in [-0.39, 0.29) is 5.56 Å². The zero-order valence-electron chi connectivity index (χ0n) is 14.5. The third kappa shape index (κ3) is 3.68. The Labute approximate surface area is 142 Å². The lowest BCUT2D eigenvalue weighted by molar-refractivity contribution is 0.475. The Hall–Kier alpha value is -2.95. The number of para-hydroxylation sites is 2. The minimum atomic E-state index is 0.0150. The van der Waals surface area contributed by atoms with Crippen LogP contribution in [-0.4, -0.2) is 28.6 Å². The number of benzene rings is 2. The van der Waals surface area contributed by atoms with Gasteiger partial charge < -0.3 is 10.0 Å². The molecular weight excluding hydrogens is 302 g/mol. The summed E-state index contributed by atoms with van der Waals surface area (Å²) in [6.45, 7) is 1.95. The maximum absolute atomic E-state index is 12.4. The molecule has 5 nitrogen and oxygen atoms in total. The lowest BCUT2D eigenvalue weighted by atomic mass is 10.3. The largest absolute Gasteiger partial charge is 0.508 e. The molecule has 0 aliphatic heterocycles. The monoisotopic (exact) mass is 325 g/mol. The van der Waals surface area contributed by atoms with E-state index in [2.05, 4.69) is 0 Å². The average Bonchev–Trinajstić information content (AvgIpc) is 2.79. The normalized spacial score (nSPS) is 10.0. The second-order valence-corrected chi connectivity index (χ2v) is 5.64. The number of aromatic nitrogens is 2. The van der Waals surface area contributed by atoms with Crippen molar-refractivity contribution in [3.05, 3.63) is 76.7 Å². The van der Waals surface area contributed by atoms with E-state index in [1.165, 1.54) is 0 Å². The molecule has 5 heteroatoms. The molecule has 1 heterocycles. The van der Waals surface area contributed by atoms with Crippen LogP contribution in [0.3, 0.4) is 0 Å². The maximum Gasteiger partial charge on any atom is 0.295 e. The van der Waals surface area contributed by atoms with Crippen LogP contribution in [0, 0.1) is 6.92 Å². The van der Waals surface area contributed by atoms with Gasteiger partial charge in [0.05, 0.1) is 11.4 Å². The summed E-state index contributed by atoms with van der Waals surface area (Å²) >= 11 is 0. The van der Waals surface area contributed by atoms with Gasteiger partial charge in [-0.2, -0.15) is 0 Å². The molecule has 24 heavy (non-hydrogen) atoms. The Morgan fingerprint density at radius 2 is 1.42 bits per heavy atom. The average molecular weight is 325 g/mol. The summed E-state index contributed by atoms with van der Waals surface area (Å²) in [5, 5.41) is 8.63. The molecule has 2 aromatic carbocycles. The molecule has 126 valence electrons. The van der Waals surface area contributed by atoms with Crippen LogP contribution in [-0.2, 0) is 7.05 Å². The minimum absolute atomic E-state index is 0.0150. The highest BCUT2D eigenvalue weighted by atomic mass is 16.3. The molecule has 0 saturated heterocycles. The molecule has 0 atom stereocenters. The molecule has 3 aromatic rings. The SMILES string of the molecule is Cc1c(N(C)C)c(=O)n(-c2ccccc2)n1C.Oc1ccccc1. The second kappa shape index (κ2) is 7.55. The number of hydrogen-bond acceptors (Lipinski definition) is 3. The van der Waals surface area contributed by atoms with E-state index < -0.39 is 0 Å². The first-order chi connectivity index (χ1) is 11.4. The standard InChI is InChI=1S/C13H17N3O.C6H6O/c1-10-12(14(2)3)13(17)16(15(10)4)11-8-6-5-7-9-11;7-6-4-2-1-3-5-6/h5-9H,1-4H3;1-5,7H. The fourth-order valence-corrected chi connectivity index (χ4v) is 2.50. The number of rotatable bonds is 2. The van der Waals surface area contributed by atoms with Crippen molar-refractivity contribution in [2.75, 3.05) is 19.0 Å². The Bertz CT molecular complexity index is 834. The lowest BCUT2D eigenvalue weighted by Crippen LogP contribution is -2.23. The molecule has 0 aliphatic rings. The summed E-state index contributed by atoms with van der Waals surface area (Å²) < 4.78 is 3.57. The van der Waals surface area contributed by atoms with E-state index in [1.807, 2.05) is 74.0 Å². The highest BCUT2D eigenvalue weighted by molar-refractivity contribution is 5.50. The highest BCUT2D eigenvalue weighted by Gasteiger charge is 2.16. The van der Waals surface area contributed by atoms with Gasteiger partial charge in [-0.25, -0.2) is 4.68 Å². The van der Waals surface area contributed by atoms with Crippen LogP contribution in [0.25, 0.3) is 5.69 Å². The van der Waals surface area contributed by atoms with Crippen LogP contribution >= 0.6 is 0 Å². The number of anilines is 1. The van der Waals surface area contributed by atoms with Crippen molar-refractivity contribution < 1.29 is 5.11 Å². The van der Waals surface area contributed by atoms with Gasteiger partial charge >= 0.3 is 0 Å². The van der Waals surface area contributed by atoms with Crippen molar-refractivity contribution in [2.45, 2.75) is 6.92 Å². The minimum Gasteiger partial charge on any atom is -0.508 e. The quantitative estimate of drug-likeness (QED) is 0.788. The topological polar surface area (TPSA) is 50.4 Å². The molecule has 0 spiro atoms. The van der Waals surface area contributed by atoms with E-state index in [1.54, 1.807) is 28.9 Å². The molecular formula is C19H23N3O2. The van der Waals surface area contributed by atoms with Gasteiger partial charge in [-0.1, -0.05) is 36.4 Å². The molecule has 3 rings (SSSR count). The predicted molar refractivity (Wildman–Crippen MR) is 98.2 cm³/mol. The van der Waals surface area contributed by atoms with E-state index in [0.717, 1.165) is 17.1 Å². The van der Waals surface area contributed by atoms with Crippen molar-refractivity contribution in [3.8, 4) is 11.4 Å². The Kier molecular flexibility index (Phi) is 5.47. The van der Waals surface area contributed by atoms with Crippen molar-refractivity contribution in [2.24, 2.45) is 7.05 Å². The predicted octanol–water partition coefficient (Wildman–Crippen LogP) is 2.94. The second-order valence-electron chi connectivity index (χ2n) is 5.64. The van der Waals surface area contributed by atoms with Crippen LogP contribution in [0.15, 0.2) is 65.5 Å². The zero-order valence-corrected chi connectivity index (χ0v) is 14.5. The van der Waals surface area contributed by atoms with Crippen molar-refractivity contribution in [3.63, 3.8) is 0 Å². The molecule has 0 fully saturated rings. The van der Waals surface area contributed by atoms with Gasteiger partial charge in [-0.3, -0.25) is 9.48 Å². The number of phenols is 1.